The first kappa shape index (κ1) is 16.5. The summed E-state index contributed by atoms with van der Waals surface area (Å²) in [5.41, 5.74) is 2.04. The van der Waals surface area contributed by atoms with E-state index in [2.05, 4.69) is 5.32 Å². The maximum atomic E-state index is 12.1. The van der Waals surface area contributed by atoms with Crippen molar-refractivity contribution in [2.75, 3.05) is 21.2 Å². The summed E-state index contributed by atoms with van der Waals surface area (Å²) in [6.45, 7) is 0.361. The van der Waals surface area contributed by atoms with Gasteiger partial charge in [-0.25, -0.2) is 0 Å². The lowest BCUT2D eigenvalue weighted by Crippen LogP contribution is -2.24. The number of ether oxygens (including phenoxy) is 1. The highest BCUT2D eigenvalue weighted by Crippen LogP contribution is 2.12. The van der Waals surface area contributed by atoms with Crippen molar-refractivity contribution in [2.45, 2.75) is 6.54 Å². The lowest BCUT2D eigenvalue weighted by molar-refractivity contribution is 0.0827. The Bertz CT molecular complexity index is 694. The van der Waals surface area contributed by atoms with Crippen LogP contribution in [-0.4, -0.2) is 37.9 Å². The van der Waals surface area contributed by atoms with Gasteiger partial charge in [0.15, 0.2) is 0 Å². The molecule has 120 valence electrons. The van der Waals surface area contributed by atoms with E-state index in [0.29, 0.717) is 23.4 Å². The van der Waals surface area contributed by atoms with E-state index < -0.39 is 0 Å². The number of carbonyl (C=O) groups is 2. The molecule has 0 saturated carbocycles. The fraction of sp³-hybridized carbons (Fsp3) is 0.222. The third kappa shape index (κ3) is 4.32. The smallest absolute Gasteiger partial charge is 0.253 e. The molecule has 2 rings (SSSR count). The number of nitrogens with one attached hydrogen (secondary N) is 1. The second-order valence-electron chi connectivity index (χ2n) is 5.31. The van der Waals surface area contributed by atoms with Crippen LogP contribution in [0.3, 0.4) is 0 Å². The Balaban J connectivity index is 2.01. The molecule has 0 aliphatic heterocycles. The predicted octanol–water partition coefficient (Wildman–Crippen LogP) is 2.33. The summed E-state index contributed by atoms with van der Waals surface area (Å²) in [7, 11) is 5.00. The number of methoxy groups -OCH3 is 1. The molecular weight excluding hydrogens is 292 g/mol. The third-order valence-electron chi connectivity index (χ3n) is 3.39. The molecule has 5 heteroatoms. The second-order valence-corrected chi connectivity index (χ2v) is 5.31. The summed E-state index contributed by atoms with van der Waals surface area (Å²) in [6.07, 6.45) is 0. The van der Waals surface area contributed by atoms with Crippen molar-refractivity contribution in [1.82, 2.24) is 10.2 Å². The van der Waals surface area contributed by atoms with Gasteiger partial charge in [-0.05, 0) is 42.0 Å². The van der Waals surface area contributed by atoms with Crippen LogP contribution in [0.4, 0.5) is 0 Å². The third-order valence-corrected chi connectivity index (χ3v) is 3.39. The average Bonchev–Trinajstić information content (AvgIpc) is 2.59. The SMILES string of the molecule is COc1ccc(C(=O)NCc2cccc(C(=O)N(C)C)c2)cc1. The molecule has 23 heavy (non-hydrogen) atoms. The maximum Gasteiger partial charge on any atom is 0.253 e. The highest BCUT2D eigenvalue weighted by atomic mass is 16.5. The number of hydrogen-bond acceptors (Lipinski definition) is 3. The number of benzene rings is 2. The molecule has 0 fully saturated rings. The van der Waals surface area contributed by atoms with Crippen LogP contribution in [0, 0.1) is 0 Å². The largest absolute Gasteiger partial charge is 0.497 e. The van der Waals surface area contributed by atoms with Crippen molar-refractivity contribution in [3.63, 3.8) is 0 Å². The van der Waals surface area contributed by atoms with Crippen molar-refractivity contribution in [3.8, 4) is 5.75 Å². The molecule has 0 spiro atoms. The predicted molar refractivity (Wildman–Crippen MR) is 88.6 cm³/mol. The fourth-order valence-corrected chi connectivity index (χ4v) is 2.10. The van der Waals surface area contributed by atoms with E-state index in [0.717, 1.165) is 5.56 Å². The van der Waals surface area contributed by atoms with Crippen molar-refractivity contribution in [2.24, 2.45) is 0 Å². The van der Waals surface area contributed by atoms with E-state index in [1.165, 1.54) is 4.90 Å². The fourth-order valence-electron chi connectivity index (χ4n) is 2.10. The Morgan fingerprint density at radius 3 is 2.35 bits per heavy atom. The first-order valence-electron chi connectivity index (χ1n) is 7.24. The maximum absolute atomic E-state index is 12.1. The average molecular weight is 312 g/mol. The molecule has 2 aromatic carbocycles. The van der Waals surface area contributed by atoms with Crippen LogP contribution in [0.25, 0.3) is 0 Å². The lowest BCUT2D eigenvalue weighted by Gasteiger charge is -2.11. The minimum atomic E-state index is -0.169. The van der Waals surface area contributed by atoms with E-state index in [4.69, 9.17) is 4.74 Å². The van der Waals surface area contributed by atoms with E-state index in [9.17, 15) is 9.59 Å². The zero-order valence-corrected chi connectivity index (χ0v) is 13.5. The summed E-state index contributed by atoms with van der Waals surface area (Å²) >= 11 is 0. The Kier molecular flexibility index (Phi) is 5.36. The molecule has 0 aromatic heterocycles. The van der Waals surface area contributed by atoms with Crippen LogP contribution < -0.4 is 10.1 Å². The van der Waals surface area contributed by atoms with E-state index in [1.54, 1.807) is 57.6 Å². The molecule has 0 saturated heterocycles. The van der Waals surface area contributed by atoms with Crippen LogP contribution in [0.5, 0.6) is 5.75 Å². The molecule has 1 N–H and O–H groups in total. The van der Waals surface area contributed by atoms with Gasteiger partial charge in [-0.3, -0.25) is 9.59 Å². The van der Waals surface area contributed by atoms with Crippen molar-refractivity contribution in [1.29, 1.82) is 0 Å². The number of carbonyl (C=O) groups excluding carboxylic acids is 2. The summed E-state index contributed by atoms with van der Waals surface area (Å²) < 4.78 is 5.07. The molecule has 0 radical (unpaired) electrons. The van der Waals surface area contributed by atoms with E-state index in [1.807, 2.05) is 12.1 Å². The number of nitrogens with zero attached hydrogens (tertiary/aromatic N) is 1. The van der Waals surface area contributed by atoms with Crippen LogP contribution in [0.2, 0.25) is 0 Å². The molecule has 0 heterocycles. The van der Waals surface area contributed by atoms with Crippen LogP contribution in [0.1, 0.15) is 26.3 Å². The van der Waals surface area contributed by atoms with Gasteiger partial charge in [-0.1, -0.05) is 12.1 Å². The van der Waals surface area contributed by atoms with Crippen molar-refractivity contribution < 1.29 is 14.3 Å². The molecule has 0 unspecified atom stereocenters. The van der Waals surface area contributed by atoms with Gasteiger partial charge < -0.3 is 15.0 Å². The minimum absolute atomic E-state index is 0.0617. The molecular formula is C18H20N2O3. The Labute approximate surface area is 135 Å². The summed E-state index contributed by atoms with van der Waals surface area (Å²) in [5.74, 6) is 0.474. The highest BCUT2D eigenvalue weighted by molar-refractivity contribution is 5.95. The Morgan fingerprint density at radius 1 is 1.04 bits per heavy atom. The van der Waals surface area contributed by atoms with Gasteiger partial charge in [0.05, 0.1) is 7.11 Å². The normalized spacial score (nSPS) is 10.0. The number of amides is 2. The second kappa shape index (κ2) is 7.45. The zero-order chi connectivity index (χ0) is 16.8. The summed E-state index contributed by atoms with van der Waals surface area (Å²) in [6, 6.07) is 14.1. The minimum Gasteiger partial charge on any atom is -0.497 e. The Morgan fingerprint density at radius 2 is 1.74 bits per heavy atom. The van der Waals surface area contributed by atoms with Crippen molar-refractivity contribution >= 4 is 11.8 Å². The first-order chi connectivity index (χ1) is 11.0. The van der Waals surface area contributed by atoms with Gasteiger partial charge in [0.1, 0.15) is 5.75 Å². The van der Waals surface area contributed by atoms with Crippen molar-refractivity contribution in [3.05, 3.63) is 65.2 Å². The van der Waals surface area contributed by atoms with Gasteiger partial charge in [0, 0.05) is 31.8 Å². The first-order valence-corrected chi connectivity index (χ1v) is 7.24. The number of rotatable bonds is 5. The highest BCUT2D eigenvalue weighted by Gasteiger charge is 2.09. The standard InChI is InChI=1S/C18H20N2O3/c1-20(2)18(22)15-6-4-5-13(11-15)12-19-17(21)14-7-9-16(23-3)10-8-14/h4-11H,12H2,1-3H3,(H,19,21). The molecule has 5 nitrogen and oxygen atoms in total. The molecule has 0 aliphatic rings. The van der Waals surface area contributed by atoms with E-state index >= 15 is 0 Å². The Hall–Kier alpha value is -2.82. The van der Waals surface area contributed by atoms with Gasteiger partial charge in [0.2, 0.25) is 0 Å². The molecule has 0 atom stereocenters. The van der Waals surface area contributed by atoms with Gasteiger partial charge in [-0.2, -0.15) is 0 Å². The monoisotopic (exact) mass is 312 g/mol. The number of hydrogen-bond donors (Lipinski definition) is 1. The van der Waals surface area contributed by atoms with Crippen LogP contribution >= 0.6 is 0 Å². The van der Waals surface area contributed by atoms with E-state index in [-0.39, 0.29) is 11.8 Å². The topological polar surface area (TPSA) is 58.6 Å². The quantitative estimate of drug-likeness (QED) is 0.922. The van der Waals surface area contributed by atoms with Gasteiger partial charge in [0.25, 0.3) is 11.8 Å². The van der Waals surface area contributed by atoms with Crippen LogP contribution in [0.15, 0.2) is 48.5 Å². The molecule has 2 amide bonds. The molecule has 2 aromatic rings. The lowest BCUT2D eigenvalue weighted by atomic mass is 10.1. The van der Waals surface area contributed by atoms with Gasteiger partial charge >= 0.3 is 0 Å². The molecule has 0 bridgehead atoms. The zero-order valence-electron chi connectivity index (χ0n) is 13.5. The van der Waals surface area contributed by atoms with Crippen LogP contribution in [-0.2, 0) is 6.54 Å². The molecule has 0 aliphatic carbocycles. The summed E-state index contributed by atoms with van der Waals surface area (Å²) in [5, 5.41) is 2.84. The summed E-state index contributed by atoms with van der Waals surface area (Å²) in [4.78, 5) is 25.6. The van der Waals surface area contributed by atoms with Gasteiger partial charge in [-0.15, -0.1) is 0 Å².